The highest BCUT2D eigenvalue weighted by atomic mass is 35.5. The summed E-state index contributed by atoms with van der Waals surface area (Å²) in [4.78, 5) is 0. The van der Waals surface area contributed by atoms with E-state index in [1.54, 1.807) is 6.20 Å². The monoisotopic (exact) mass is 301 g/mol. The van der Waals surface area contributed by atoms with E-state index in [0.29, 0.717) is 11.6 Å². The molecule has 1 heterocycles. The fraction of sp³-hybridized carbons (Fsp3) is 0.800. The predicted molar refractivity (Wildman–Crippen MR) is 84.3 cm³/mol. The summed E-state index contributed by atoms with van der Waals surface area (Å²) in [5.41, 5.74) is 0.997. The Morgan fingerprint density at radius 2 is 2.00 bits per heavy atom. The van der Waals surface area contributed by atoms with E-state index in [1.165, 1.54) is 0 Å². The van der Waals surface area contributed by atoms with Crippen LogP contribution in [0, 0.1) is 5.41 Å². The van der Waals surface area contributed by atoms with E-state index in [1.807, 2.05) is 18.7 Å². The van der Waals surface area contributed by atoms with Gasteiger partial charge in [-0.15, -0.1) is 0 Å². The first-order valence-corrected chi connectivity index (χ1v) is 7.63. The molecule has 0 saturated carbocycles. The minimum atomic E-state index is -0.000898. The average Bonchev–Trinajstić information content (AvgIpc) is 2.70. The van der Waals surface area contributed by atoms with Crippen LogP contribution < -0.4 is 5.32 Å². The Balaban J connectivity index is 3.26. The number of rotatable bonds is 6. The zero-order chi connectivity index (χ0) is 15.5. The molecule has 0 aliphatic carbocycles. The fourth-order valence-electron chi connectivity index (χ4n) is 2.51. The Kier molecular flexibility index (Phi) is 6.05. The molecule has 1 N–H and O–H groups in total. The van der Waals surface area contributed by atoms with E-state index < -0.39 is 0 Å². The van der Waals surface area contributed by atoms with E-state index in [-0.39, 0.29) is 23.6 Å². The van der Waals surface area contributed by atoms with E-state index >= 15 is 0 Å². The van der Waals surface area contributed by atoms with Gasteiger partial charge >= 0.3 is 0 Å². The predicted octanol–water partition coefficient (Wildman–Crippen LogP) is 3.83. The van der Waals surface area contributed by atoms with Gasteiger partial charge in [0.25, 0.3) is 0 Å². The molecule has 0 bridgehead atoms. The van der Waals surface area contributed by atoms with Gasteiger partial charge in [0.15, 0.2) is 0 Å². The van der Waals surface area contributed by atoms with Crippen molar-refractivity contribution < 1.29 is 4.74 Å². The van der Waals surface area contributed by atoms with Crippen molar-refractivity contribution in [2.45, 2.75) is 59.7 Å². The summed E-state index contributed by atoms with van der Waals surface area (Å²) in [5, 5.41) is 8.45. The Morgan fingerprint density at radius 3 is 2.40 bits per heavy atom. The normalized spacial score (nSPS) is 15.7. The number of nitrogens with zero attached hydrogens (tertiary/aromatic N) is 2. The minimum absolute atomic E-state index is 0.000898. The molecule has 0 amide bonds. The number of nitrogens with one attached hydrogen (secondary N) is 1. The highest BCUT2D eigenvalue weighted by Crippen LogP contribution is 2.36. The summed E-state index contributed by atoms with van der Waals surface area (Å²) >= 11 is 6.38. The van der Waals surface area contributed by atoms with E-state index in [9.17, 15) is 0 Å². The maximum absolute atomic E-state index is 6.38. The third kappa shape index (κ3) is 3.74. The van der Waals surface area contributed by atoms with Crippen LogP contribution in [0.15, 0.2) is 6.20 Å². The zero-order valence-electron chi connectivity index (χ0n) is 13.7. The molecule has 0 radical (unpaired) electrons. The van der Waals surface area contributed by atoms with Crippen molar-refractivity contribution in [1.29, 1.82) is 0 Å². The van der Waals surface area contributed by atoms with Gasteiger partial charge in [-0.3, -0.25) is 4.68 Å². The van der Waals surface area contributed by atoms with E-state index in [4.69, 9.17) is 16.3 Å². The minimum Gasteiger partial charge on any atom is -0.376 e. The first kappa shape index (κ1) is 17.5. The highest BCUT2D eigenvalue weighted by molar-refractivity contribution is 6.31. The molecule has 116 valence electrons. The maximum atomic E-state index is 6.38. The summed E-state index contributed by atoms with van der Waals surface area (Å²) in [5.74, 6) is 0. The maximum Gasteiger partial charge on any atom is 0.0835 e. The van der Waals surface area contributed by atoms with Gasteiger partial charge < -0.3 is 10.1 Å². The first-order chi connectivity index (χ1) is 9.23. The van der Waals surface area contributed by atoms with Crippen molar-refractivity contribution in [1.82, 2.24) is 15.1 Å². The first-order valence-electron chi connectivity index (χ1n) is 7.25. The van der Waals surface area contributed by atoms with Crippen LogP contribution in [-0.4, -0.2) is 29.5 Å². The van der Waals surface area contributed by atoms with Gasteiger partial charge in [-0.05, 0) is 33.2 Å². The standard InChI is InChI=1S/C15H28ClN3O/c1-8-20-14(15(4,5)6)12(17-7)13-11(16)9-18-19(13)10(2)3/h9-10,12,14,17H,8H2,1-7H3. The van der Waals surface area contributed by atoms with Crippen LogP contribution in [0.4, 0.5) is 0 Å². The molecular weight excluding hydrogens is 274 g/mol. The summed E-state index contributed by atoms with van der Waals surface area (Å²) < 4.78 is 7.98. The average molecular weight is 302 g/mol. The second kappa shape index (κ2) is 6.92. The SMILES string of the molecule is CCOC(C(NC)c1c(Cl)cnn1C(C)C)C(C)(C)C. The lowest BCUT2D eigenvalue weighted by atomic mass is 9.83. The topological polar surface area (TPSA) is 39.1 Å². The van der Waals surface area contributed by atoms with Crippen molar-refractivity contribution in [2.24, 2.45) is 5.41 Å². The van der Waals surface area contributed by atoms with Gasteiger partial charge in [0.2, 0.25) is 0 Å². The van der Waals surface area contributed by atoms with Crippen LogP contribution in [-0.2, 0) is 4.74 Å². The smallest absolute Gasteiger partial charge is 0.0835 e. The lowest BCUT2D eigenvalue weighted by molar-refractivity contribution is -0.0369. The molecule has 0 aromatic carbocycles. The molecule has 2 atom stereocenters. The van der Waals surface area contributed by atoms with Crippen molar-refractivity contribution >= 4 is 11.6 Å². The quantitative estimate of drug-likeness (QED) is 0.868. The number of halogens is 1. The molecule has 1 rings (SSSR count). The molecule has 4 nitrogen and oxygen atoms in total. The molecule has 5 heteroatoms. The Morgan fingerprint density at radius 1 is 1.40 bits per heavy atom. The summed E-state index contributed by atoms with van der Waals surface area (Å²) in [7, 11) is 1.94. The summed E-state index contributed by atoms with van der Waals surface area (Å²) in [6, 6.07) is 0.267. The van der Waals surface area contributed by atoms with Crippen LogP contribution >= 0.6 is 11.6 Å². The summed E-state index contributed by atoms with van der Waals surface area (Å²) in [6.45, 7) is 13.4. The fourth-order valence-corrected chi connectivity index (χ4v) is 2.76. The molecule has 0 aliphatic rings. The molecule has 0 saturated heterocycles. The summed E-state index contributed by atoms with van der Waals surface area (Å²) in [6.07, 6.45) is 1.73. The molecule has 1 aromatic heterocycles. The largest absolute Gasteiger partial charge is 0.376 e. The number of hydrogen-bond donors (Lipinski definition) is 1. The third-order valence-corrected chi connectivity index (χ3v) is 3.68. The van der Waals surface area contributed by atoms with Crippen LogP contribution in [0.1, 0.15) is 59.3 Å². The molecular formula is C15H28ClN3O. The molecule has 0 spiro atoms. The lowest BCUT2D eigenvalue weighted by Gasteiger charge is -2.37. The molecule has 0 aliphatic heterocycles. The number of ether oxygens (including phenoxy) is 1. The Labute approximate surface area is 127 Å². The molecule has 1 aromatic rings. The highest BCUT2D eigenvalue weighted by Gasteiger charge is 2.36. The second-order valence-electron chi connectivity index (χ2n) is 6.42. The molecule has 0 fully saturated rings. The molecule has 20 heavy (non-hydrogen) atoms. The van der Waals surface area contributed by atoms with E-state index in [2.05, 4.69) is 45.0 Å². The van der Waals surface area contributed by atoms with Crippen LogP contribution in [0.2, 0.25) is 5.02 Å². The van der Waals surface area contributed by atoms with Gasteiger partial charge in [-0.2, -0.15) is 5.10 Å². The van der Waals surface area contributed by atoms with E-state index in [0.717, 1.165) is 5.69 Å². The van der Waals surface area contributed by atoms with Gasteiger partial charge in [-0.25, -0.2) is 0 Å². The number of likely N-dealkylation sites (N-methyl/N-ethyl adjacent to an activating group) is 1. The molecule has 2 unspecified atom stereocenters. The number of aromatic nitrogens is 2. The lowest BCUT2D eigenvalue weighted by Crippen LogP contribution is -2.42. The van der Waals surface area contributed by atoms with Crippen molar-refractivity contribution in [2.75, 3.05) is 13.7 Å². The van der Waals surface area contributed by atoms with Crippen molar-refractivity contribution in [3.05, 3.63) is 16.9 Å². The van der Waals surface area contributed by atoms with Gasteiger partial charge in [0.1, 0.15) is 0 Å². The van der Waals surface area contributed by atoms with Gasteiger partial charge in [0.05, 0.1) is 29.1 Å². The van der Waals surface area contributed by atoms with Gasteiger partial charge in [-0.1, -0.05) is 32.4 Å². The van der Waals surface area contributed by atoms with Crippen LogP contribution in [0.3, 0.4) is 0 Å². The third-order valence-electron chi connectivity index (χ3n) is 3.38. The zero-order valence-corrected chi connectivity index (χ0v) is 14.5. The Hall–Kier alpha value is -0.580. The Bertz CT molecular complexity index is 423. The van der Waals surface area contributed by atoms with Crippen molar-refractivity contribution in [3.63, 3.8) is 0 Å². The second-order valence-corrected chi connectivity index (χ2v) is 6.83. The number of hydrogen-bond acceptors (Lipinski definition) is 3. The van der Waals surface area contributed by atoms with Gasteiger partial charge in [0, 0.05) is 12.6 Å². The van der Waals surface area contributed by atoms with Crippen LogP contribution in [0.5, 0.6) is 0 Å². The van der Waals surface area contributed by atoms with Crippen molar-refractivity contribution in [3.8, 4) is 0 Å². The van der Waals surface area contributed by atoms with Crippen LogP contribution in [0.25, 0.3) is 0 Å².